The van der Waals surface area contributed by atoms with E-state index >= 15 is 0 Å². The molecule has 0 bridgehead atoms. The van der Waals surface area contributed by atoms with E-state index in [-0.39, 0.29) is 5.69 Å². The lowest BCUT2D eigenvalue weighted by molar-refractivity contribution is 0.146. The molecule has 0 spiro atoms. The zero-order valence-corrected chi connectivity index (χ0v) is 11.9. The van der Waals surface area contributed by atoms with Crippen molar-refractivity contribution >= 4 is 16.6 Å². The molecule has 0 aliphatic carbocycles. The van der Waals surface area contributed by atoms with Crippen LogP contribution in [0, 0.1) is 0 Å². The first-order valence-corrected chi connectivity index (χ1v) is 7.11. The Morgan fingerprint density at radius 3 is 2.60 bits per heavy atom. The maximum absolute atomic E-state index is 12.9. The van der Waals surface area contributed by atoms with Crippen LogP contribution in [-0.2, 0) is 6.42 Å². The van der Waals surface area contributed by atoms with Gasteiger partial charge in [0.15, 0.2) is 0 Å². The first kappa shape index (κ1) is 14.7. The normalized spacial score (nSPS) is 11.2. The second-order valence-electron chi connectivity index (χ2n) is 4.92. The summed E-state index contributed by atoms with van der Waals surface area (Å²) in [5.41, 5.74) is 2.43. The van der Waals surface area contributed by atoms with Gasteiger partial charge in [0.25, 0.3) is 6.43 Å². The van der Waals surface area contributed by atoms with Gasteiger partial charge in [0.1, 0.15) is 5.69 Å². The van der Waals surface area contributed by atoms with E-state index in [0.717, 1.165) is 36.9 Å². The molecule has 2 aromatic rings. The van der Waals surface area contributed by atoms with E-state index in [1.54, 1.807) is 0 Å². The van der Waals surface area contributed by atoms with Crippen LogP contribution in [0.15, 0.2) is 24.3 Å². The van der Waals surface area contributed by atoms with Crippen molar-refractivity contribution in [2.45, 2.75) is 39.5 Å². The van der Waals surface area contributed by atoms with E-state index in [0.29, 0.717) is 5.52 Å². The number of aryl methyl sites for hydroxylation is 1. The zero-order valence-electron chi connectivity index (χ0n) is 11.9. The third-order valence-electron chi connectivity index (χ3n) is 3.22. The smallest absolute Gasteiger partial charge is 0.280 e. The van der Waals surface area contributed by atoms with Crippen LogP contribution in [0.5, 0.6) is 0 Å². The maximum atomic E-state index is 12.9. The van der Waals surface area contributed by atoms with E-state index < -0.39 is 6.43 Å². The number of benzene rings is 1. The quantitative estimate of drug-likeness (QED) is 0.809. The first-order valence-electron chi connectivity index (χ1n) is 7.11. The van der Waals surface area contributed by atoms with Gasteiger partial charge in [-0.05, 0) is 36.6 Å². The SMILES string of the molecule is CCCNc1cc(C(F)F)nc2ccc(CCC)cc12. The molecule has 1 N–H and O–H groups in total. The van der Waals surface area contributed by atoms with Gasteiger partial charge in [0.05, 0.1) is 5.52 Å². The fourth-order valence-corrected chi connectivity index (χ4v) is 2.26. The molecule has 0 saturated heterocycles. The number of fused-ring (bicyclic) bond motifs is 1. The van der Waals surface area contributed by atoms with Gasteiger partial charge < -0.3 is 5.32 Å². The number of rotatable bonds is 6. The van der Waals surface area contributed by atoms with E-state index in [9.17, 15) is 8.78 Å². The standard InChI is InChI=1S/C16H20F2N2/c1-3-5-11-6-7-13-12(9-11)14(19-8-4-2)10-15(20-13)16(17)18/h6-7,9-10,16H,3-5,8H2,1-2H3,(H,19,20). The number of nitrogens with one attached hydrogen (secondary N) is 1. The minimum absolute atomic E-state index is 0.167. The van der Waals surface area contributed by atoms with E-state index in [4.69, 9.17) is 0 Å². The Labute approximate surface area is 118 Å². The average molecular weight is 278 g/mol. The molecule has 0 unspecified atom stereocenters. The van der Waals surface area contributed by atoms with Crippen molar-refractivity contribution < 1.29 is 8.78 Å². The van der Waals surface area contributed by atoms with Gasteiger partial charge in [-0.25, -0.2) is 13.8 Å². The van der Waals surface area contributed by atoms with Gasteiger partial charge >= 0.3 is 0 Å². The summed E-state index contributed by atoms with van der Waals surface area (Å²) >= 11 is 0. The van der Waals surface area contributed by atoms with Crippen molar-refractivity contribution in [3.8, 4) is 0 Å². The molecule has 2 nitrogen and oxygen atoms in total. The number of hydrogen-bond donors (Lipinski definition) is 1. The molecule has 0 amide bonds. The molecule has 1 aromatic heterocycles. The van der Waals surface area contributed by atoms with E-state index in [1.807, 2.05) is 19.1 Å². The van der Waals surface area contributed by atoms with Gasteiger partial charge in [-0.3, -0.25) is 0 Å². The highest BCUT2D eigenvalue weighted by atomic mass is 19.3. The van der Waals surface area contributed by atoms with Gasteiger partial charge in [0.2, 0.25) is 0 Å². The molecule has 2 rings (SSSR count). The van der Waals surface area contributed by atoms with Crippen molar-refractivity contribution in [1.82, 2.24) is 4.98 Å². The predicted octanol–water partition coefficient (Wildman–Crippen LogP) is 4.95. The molecule has 1 heterocycles. The summed E-state index contributed by atoms with van der Waals surface area (Å²) in [5.74, 6) is 0. The summed E-state index contributed by atoms with van der Waals surface area (Å²) in [6, 6.07) is 7.33. The summed E-state index contributed by atoms with van der Waals surface area (Å²) in [6.07, 6.45) is 0.450. The Hall–Kier alpha value is -1.71. The number of alkyl halides is 2. The van der Waals surface area contributed by atoms with Crippen LogP contribution in [0.25, 0.3) is 10.9 Å². The lowest BCUT2D eigenvalue weighted by atomic mass is 10.1. The number of halogens is 2. The lowest BCUT2D eigenvalue weighted by Crippen LogP contribution is -2.03. The average Bonchev–Trinajstić information content (AvgIpc) is 2.44. The van der Waals surface area contributed by atoms with Crippen molar-refractivity contribution in [2.75, 3.05) is 11.9 Å². The molecule has 20 heavy (non-hydrogen) atoms. The Kier molecular flexibility index (Phi) is 4.88. The van der Waals surface area contributed by atoms with Crippen LogP contribution in [0.3, 0.4) is 0 Å². The third kappa shape index (κ3) is 3.24. The molecule has 4 heteroatoms. The number of anilines is 1. The largest absolute Gasteiger partial charge is 0.384 e. The predicted molar refractivity (Wildman–Crippen MR) is 79.5 cm³/mol. The Bertz CT molecular complexity index is 582. The van der Waals surface area contributed by atoms with Crippen molar-refractivity contribution in [1.29, 1.82) is 0 Å². The molecule has 108 valence electrons. The summed E-state index contributed by atoms with van der Waals surface area (Å²) in [4.78, 5) is 4.05. The number of aromatic nitrogens is 1. The first-order chi connectivity index (χ1) is 9.65. The van der Waals surface area contributed by atoms with Gasteiger partial charge in [-0.2, -0.15) is 0 Å². The maximum Gasteiger partial charge on any atom is 0.280 e. The molecule has 0 fully saturated rings. The molecule has 0 radical (unpaired) electrons. The second-order valence-corrected chi connectivity index (χ2v) is 4.92. The van der Waals surface area contributed by atoms with Crippen LogP contribution < -0.4 is 5.32 Å². The molecule has 0 atom stereocenters. The topological polar surface area (TPSA) is 24.9 Å². The summed E-state index contributed by atoms with van der Waals surface area (Å²) in [7, 11) is 0. The summed E-state index contributed by atoms with van der Waals surface area (Å²) in [5, 5.41) is 4.15. The second kappa shape index (κ2) is 6.64. The Morgan fingerprint density at radius 1 is 1.15 bits per heavy atom. The number of pyridine rings is 1. The molecule has 0 aliphatic heterocycles. The monoisotopic (exact) mass is 278 g/mol. The van der Waals surface area contributed by atoms with Crippen LogP contribution in [0.4, 0.5) is 14.5 Å². The van der Waals surface area contributed by atoms with Crippen LogP contribution >= 0.6 is 0 Å². The van der Waals surface area contributed by atoms with Crippen molar-refractivity contribution in [2.24, 2.45) is 0 Å². The minimum atomic E-state index is -2.54. The zero-order chi connectivity index (χ0) is 14.5. The molecule has 0 saturated carbocycles. The van der Waals surface area contributed by atoms with Crippen LogP contribution in [0.1, 0.15) is 44.4 Å². The minimum Gasteiger partial charge on any atom is -0.384 e. The van der Waals surface area contributed by atoms with Crippen molar-refractivity contribution in [3.63, 3.8) is 0 Å². The van der Waals surface area contributed by atoms with Crippen LogP contribution in [-0.4, -0.2) is 11.5 Å². The van der Waals surface area contributed by atoms with Crippen molar-refractivity contribution in [3.05, 3.63) is 35.5 Å². The molecule has 1 aromatic carbocycles. The highest BCUT2D eigenvalue weighted by Crippen LogP contribution is 2.28. The molecular formula is C16H20F2N2. The number of hydrogen-bond acceptors (Lipinski definition) is 2. The highest BCUT2D eigenvalue weighted by Gasteiger charge is 2.13. The van der Waals surface area contributed by atoms with Crippen LogP contribution in [0.2, 0.25) is 0 Å². The fraction of sp³-hybridized carbons (Fsp3) is 0.438. The van der Waals surface area contributed by atoms with E-state index in [2.05, 4.69) is 23.3 Å². The lowest BCUT2D eigenvalue weighted by Gasteiger charge is -2.12. The third-order valence-corrected chi connectivity index (χ3v) is 3.22. The van der Waals surface area contributed by atoms with Gasteiger partial charge in [-0.15, -0.1) is 0 Å². The Morgan fingerprint density at radius 2 is 1.95 bits per heavy atom. The number of nitrogens with zero attached hydrogens (tertiary/aromatic N) is 1. The summed E-state index contributed by atoms with van der Waals surface area (Å²) in [6.45, 7) is 4.94. The van der Waals surface area contributed by atoms with Gasteiger partial charge in [-0.1, -0.05) is 26.3 Å². The highest BCUT2D eigenvalue weighted by molar-refractivity contribution is 5.92. The van der Waals surface area contributed by atoms with E-state index in [1.165, 1.54) is 11.6 Å². The fourth-order valence-electron chi connectivity index (χ4n) is 2.26. The molecule has 0 aliphatic rings. The Balaban J connectivity index is 2.52. The van der Waals surface area contributed by atoms with Gasteiger partial charge in [0, 0.05) is 17.6 Å². The summed E-state index contributed by atoms with van der Waals surface area (Å²) < 4.78 is 25.8. The molecular weight excluding hydrogens is 258 g/mol.